The summed E-state index contributed by atoms with van der Waals surface area (Å²) in [6, 6.07) is 11.7. The van der Waals surface area contributed by atoms with Crippen molar-refractivity contribution in [2.45, 2.75) is 39.2 Å². The van der Waals surface area contributed by atoms with Crippen LogP contribution >= 0.6 is 11.3 Å². The average molecular weight is 372 g/mol. The average Bonchev–Trinajstić information content (AvgIpc) is 3.14. The molecule has 1 aromatic carbocycles. The molecule has 2 aromatic rings. The van der Waals surface area contributed by atoms with Gasteiger partial charge in [-0.25, -0.2) is 0 Å². The Balaban J connectivity index is 1.60. The van der Waals surface area contributed by atoms with E-state index in [2.05, 4.69) is 18.4 Å². The Kier molecular flexibility index (Phi) is 6.09. The van der Waals surface area contributed by atoms with E-state index >= 15 is 0 Å². The number of hydrogen-bond acceptors (Lipinski definition) is 4. The lowest BCUT2D eigenvalue weighted by Gasteiger charge is -2.27. The van der Waals surface area contributed by atoms with Crippen LogP contribution < -0.4 is 0 Å². The molecule has 3 rings (SSSR count). The van der Waals surface area contributed by atoms with Crippen molar-refractivity contribution in [3.05, 3.63) is 57.8 Å². The molecule has 0 bridgehead atoms. The van der Waals surface area contributed by atoms with Gasteiger partial charge in [0.05, 0.1) is 5.92 Å². The van der Waals surface area contributed by atoms with E-state index in [1.54, 1.807) is 16.2 Å². The monoisotopic (exact) mass is 371 g/mol. The minimum Gasteiger partial charge on any atom is -0.455 e. The molecule has 0 spiro atoms. The van der Waals surface area contributed by atoms with E-state index < -0.39 is 0 Å². The van der Waals surface area contributed by atoms with Gasteiger partial charge in [0.15, 0.2) is 6.61 Å². The molecule has 0 radical (unpaired) electrons. The number of carbonyl (C=O) groups excluding carboxylic acids is 2. The maximum absolute atomic E-state index is 12.7. The first-order valence-electron chi connectivity index (χ1n) is 9.14. The molecule has 0 fully saturated rings. The highest BCUT2D eigenvalue weighted by atomic mass is 32.1. The molecule has 4 nitrogen and oxygen atoms in total. The van der Waals surface area contributed by atoms with Gasteiger partial charge in [-0.3, -0.25) is 9.59 Å². The van der Waals surface area contributed by atoms with Crippen LogP contribution in [0.5, 0.6) is 0 Å². The Morgan fingerprint density at radius 1 is 1.23 bits per heavy atom. The van der Waals surface area contributed by atoms with Gasteiger partial charge < -0.3 is 9.64 Å². The summed E-state index contributed by atoms with van der Waals surface area (Å²) < 4.78 is 5.44. The summed E-state index contributed by atoms with van der Waals surface area (Å²) in [7, 11) is 0. The Morgan fingerprint density at radius 3 is 2.73 bits per heavy atom. The fraction of sp³-hybridized carbons (Fsp3) is 0.429. The van der Waals surface area contributed by atoms with E-state index in [0.717, 1.165) is 18.4 Å². The van der Waals surface area contributed by atoms with Gasteiger partial charge in [-0.15, -0.1) is 11.3 Å². The maximum atomic E-state index is 12.7. The molecule has 0 saturated carbocycles. The number of esters is 1. The minimum atomic E-state index is -0.334. The molecule has 26 heavy (non-hydrogen) atoms. The van der Waals surface area contributed by atoms with Crippen LogP contribution in [0.15, 0.2) is 41.8 Å². The predicted octanol–water partition coefficient (Wildman–Crippen LogP) is 4.01. The first kappa shape index (κ1) is 18.6. The van der Waals surface area contributed by atoms with Crippen LogP contribution in [0.2, 0.25) is 0 Å². The van der Waals surface area contributed by atoms with Crippen molar-refractivity contribution in [2.24, 2.45) is 5.92 Å². The van der Waals surface area contributed by atoms with Crippen molar-refractivity contribution in [1.29, 1.82) is 0 Å². The zero-order valence-corrected chi connectivity index (χ0v) is 16.1. The fourth-order valence-electron chi connectivity index (χ4n) is 3.37. The number of nitrogens with zero attached hydrogens (tertiary/aromatic N) is 1. The third-order valence-electron chi connectivity index (χ3n) is 5.12. The zero-order chi connectivity index (χ0) is 18.5. The van der Waals surface area contributed by atoms with Crippen LogP contribution in [0.4, 0.5) is 0 Å². The molecule has 5 heteroatoms. The highest BCUT2D eigenvalue weighted by molar-refractivity contribution is 7.10. The van der Waals surface area contributed by atoms with Crippen LogP contribution in [0, 0.1) is 5.92 Å². The predicted molar refractivity (Wildman–Crippen MR) is 103 cm³/mol. The number of rotatable bonds is 6. The largest absolute Gasteiger partial charge is 0.455 e. The summed E-state index contributed by atoms with van der Waals surface area (Å²) >= 11 is 1.74. The second-order valence-corrected chi connectivity index (χ2v) is 7.82. The molecule has 2 heterocycles. The Bertz CT molecular complexity index is 756. The van der Waals surface area contributed by atoms with Gasteiger partial charge in [-0.1, -0.05) is 50.6 Å². The first-order valence-corrected chi connectivity index (χ1v) is 10.0. The normalized spacial score (nSPS) is 15.8. The first-order chi connectivity index (χ1) is 12.6. The van der Waals surface area contributed by atoms with E-state index in [1.165, 1.54) is 10.4 Å². The molecule has 1 aliphatic rings. The molecule has 1 aromatic heterocycles. The molecule has 2 unspecified atom stereocenters. The second kappa shape index (κ2) is 8.49. The van der Waals surface area contributed by atoms with Crippen molar-refractivity contribution in [3.63, 3.8) is 0 Å². The second-order valence-electron chi connectivity index (χ2n) is 6.82. The molecule has 1 amide bonds. The maximum Gasteiger partial charge on any atom is 0.314 e. The summed E-state index contributed by atoms with van der Waals surface area (Å²) in [4.78, 5) is 28.3. The van der Waals surface area contributed by atoms with Crippen molar-refractivity contribution in [1.82, 2.24) is 4.90 Å². The summed E-state index contributed by atoms with van der Waals surface area (Å²) in [6.07, 6.45) is 1.75. The van der Waals surface area contributed by atoms with Gasteiger partial charge >= 0.3 is 5.97 Å². The Hall–Kier alpha value is -2.14. The molecular weight excluding hydrogens is 346 g/mol. The van der Waals surface area contributed by atoms with Gasteiger partial charge in [0.2, 0.25) is 0 Å². The fourth-order valence-corrected chi connectivity index (χ4v) is 4.26. The number of hydrogen-bond donors (Lipinski definition) is 0. The lowest BCUT2D eigenvalue weighted by Crippen LogP contribution is -2.38. The quantitative estimate of drug-likeness (QED) is 0.721. The van der Waals surface area contributed by atoms with E-state index in [1.807, 2.05) is 37.3 Å². The third-order valence-corrected chi connectivity index (χ3v) is 6.15. The third kappa shape index (κ3) is 4.15. The topological polar surface area (TPSA) is 46.6 Å². The lowest BCUT2D eigenvalue weighted by atomic mass is 9.86. The molecule has 2 atom stereocenters. The smallest absolute Gasteiger partial charge is 0.314 e. The standard InChI is InChI=1S/C21H25NO3S/c1-3-15(2)20(16-7-5-4-6-8-16)21(24)25-14-19(23)22-11-9-18-17(13-22)10-12-26-18/h4-8,10,12,15,20H,3,9,11,13-14H2,1-2H3. The summed E-state index contributed by atoms with van der Waals surface area (Å²) in [6.45, 7) is 5.23. The molecule has 138 valence electrons. The van der Waals surface area contributed by atoms with Crippen molar-refractivity contribution in [3.8, 4) is 0 Å². The van der Waals surface area contributed by atoms with Gasteiger partial charge in [0.1, 0.15) is 0 Å². The number of benzene rings is 1. The van der Waals surface area contributed by atoms with Gasteiger partial charge in [-0.05, 0) is 34.9 Å². The molecule has 0 saturated heterocycles. The van der Waals surface area contributed by atoms with E-state index in [-0.39, 0.29) is 30.3 Å². The summed E-state index contributed by atoms with van der Waals surface area (Å²) in [5.74, 6) is -0.611. The van der Waals surface area contributed by atoms with Gasteiger partial charge in [-0.2, -0.15) is 0 Å². The van der Waals surface area contributed by atoms with E-state index in [4.69, 9.17) is 4.74 Å². The summed E-state index contributed by atoms with van der Waals surface area (Å²) in [5.41, 5.74) is 2.16. The number of fused-ring (bicyclic) bond motifs is 1. The molecule has 0 aliphatic carbocycles. The van der Waals surface area contributed by atoms with Gasteiger partial charge in [0, 0.05) is 18.0 Å². The number of carbonyl (C=O) groups is 2. The Morgan fingerprint density at radius 2 is 2.00 bits per heavy atom. The lowest BCUT2D eigenvalue weighted by molar-refractivity contribution is -0.154. The summed E-state index contributed by atoms with van der Waals surface area (Å²) in [5, 5.41) is 2.06. The SMILES string of the molecule is CCC(C)C(C(=O)OCC(=O)N1CCc2sccc2C1)c1ccccc1. The minimum absolute atomic E-state index is 0.119. The van der Waals surface area contributed by atoms with Crippen molar-refractivity contribution in [2.75, 3.05) is 13.2 Å². The van der Waals surface area contributed by atoms with Crippen molar-refractivity contribution < 1.29 is 14.3 Å². The molecular formula is C21H25NO3S. The van der Waals surface area contributed by atoms with E-state index in [0.29, 0.717) is 13.1 Å². The number of amides is 1. The molecule has 0 N–H and O–H groups in total. The van der Waals surface area contributed by atoms with Crippen LogP contribution in [0.3, 0.4) is 0 Å². The highest BCUT2D eigenvalue weighted by Crippen LogP contribution is 2.28. The number of thiophene rings is 1. The Labute approximate surface area is 158 Å². The zero-order valence-electron chi connectivity index (χ0n) is 15.3. The van der Waals surface area contributed by atoms with E-state index in [9.17, 15) is 9.59 Å². The van der Waals surface area contributed by atoms with Crippen LogP contribution in [0.25, 0.3) is 0 Å². The van der Waals surface area contributed by atoms with Crippen molar-refractivity contribution >= 4 is 23.2 Å². The van der Waals surface area contributed by atoms with Crippen LogP contribution in [-0.2, 0) is 27.3 Å². The number of ether oxygens (including phenoxy) is 1. The van der Waals surface area contributed by atoms with Gasteiger partial charge in [0.25, 0.3) is 5.91 Å². The highest BCUT2D eigenvalue weighted by Gasteiger charge is 2.29. The van der Waals surface area contributed by atoms with Crippen LogP contribution in [-0.4, -0.2) is 29.9 Å². The van der Waals surface area contributed by atoms with Crippen LogP contribution in [0.1, 0.15) is 42.2 Å². The molecule has 1 aliphatic heterocycles.